The number of carbonyl (C=O) groups is 4. The largest absolute Gasteiger partial charge is 0.492 e. The predicted octanol–water partition coefficient (Wildman–Crippen LogP) is 7.91. The molecule has 18 nitrogen and oxygen atoms in total. The standard InChI is InChI=1S/C51H58F2N10O8S2/c1-30-45(72-29-57-30)34-15-11-32(12-16-34)26-56-49(66)39-9-8-23-63(39)50(67)46(51(3,4)5)59-42(64)10-6-7-24-70-37-20-22-41(55-27-37)58-48-43(47(54)65)44(60-61-48)35-17-21-38(62-73(68,69)31(2)52)40(25-35)71-28-33-13-18-36(53)19-14-33/h11-22,25,27,29,31,39,46,62H,6-10,23-24,26,28H2,1-5H3,(H2,54,65)(H,56,66)(H,59,64)(H2,55,58,60,61)/t31?,39-,46+/m0/s1. The van der Waals surface area contributed by atoms with Crippen LogP contribution >= 0.6 is 11.3 Å². The van der Waals surface area contributed by atoms with E-state index in [0.29, 0.717) is 55.6 Å². The number of unbranched alkanes of at least 4 members (excludes halogenated alkanes) is 1. The first-order chi connectivity index (χ1) is 34.8. The number of thiazole rings is 1. The number of ether oxygens (including phenoxy) is 2. The minimum Gasteiger partial charge on any atom is -0.492 e. The maximum atomic E-state index is 14.0. The van der Waals surface area contributed by atoms with Crippen molar-refractivity contribution < 1.29 is 45.9 Å². The Morgan fingerprint density at radius 1 is 0.959 bits per heavy atom. The van der Waals surface area contributed by atoms with Gasteiger partial charge < -0.3 is 36.1 Å². The van der Waals surface area contributed by atoms with Gasteiger partial charge in [-0.3, -0.25) is 29.0 Å². The van der Waals surface area contributed by atoms with Crippen LogP contribution in [-0.2, 0) is 37.6 Å². The van der Waals surface area contributed by atoms with Crippen LogP contribution in [0, 0.1) is 18.2 Å². The van der Waals surface area contributed by atoms with Gasteiger partial charge in [-0.05, 0) is 98.0 Å². The van der Waals surface area contributed by atoms with Crippen molar-refractivity contribution in [2.24, 2.45) is 11.1 Å². The van der Waals surface area contributed by atoms with E-state index < -0.39 is 44.8 Å². The number of aryl methyl sites for hydroxylation is 1. The molecule has 4 amide bonds. The van der Waals surface area contributed by atoms with Crippen LogP contribution in [0.3, 0.4) is 0 Å². The molecule has 1 saturated heterocycles. The van der Waals surface area contributed by atoms with Gasteiger partial charge in [-0.15, -0.1) is 11.3 Å². The van der Waals surface area contributed by atoms with Gasteiger partial charge in [0, 0.05) is 25.1 Å². The molecule has 6 aromatic rings. The quantitative estimate of drug-likeness (QED) is 0.0355. The van der Waals surface area contributed by atoms with Gasteiger partial charge in [0.15, 0.2) is 5.82 Å². The van der Waals surface area contributed by atoms with Crippen molar-refractivity contribution in [3.63, 3.8) is 0 Å². The van der Waals surface area contributed by atoms with Crippen molar-refractivity contribution in [1.29, 1.82) is 0 Å². The molecule has 1 unspecified atom stereocenters. The van der Waals surface area contributed by atoms with Crippen molar-refractivity contribution in [3.05, 3.63) is 119 Å². The average Bonchev–Trinajstić information content (AvgIpc) is 4.13. The van der Waals surface area contributed by atoms with E-state index in [1.165, 1.54) is 48.7 Å². The molecule has 73 heavy (non-hydrogen) atoms. The summed E-state index contributed by atoms with van der Waals surface area (Å²) in [6, 6.07) is 19.4. The van der Waals surface area contributed by atoms with Crippen LogP contribution in [0.5, 0.6) is 11.5 Å². The predicted molar refractivity (Wildman–Crippen MR) is 274 cm³/mol. The number of halogens is 2. The Balaban J connectivity index is 0.892. The van der Waals surface area contributed by atoms with Gasteiger partial charge >= 0.3 is 0 Å². The Hall–Kier alpha value is -7.46. The number of nitrogens with two attached hydrogens (primary N) is 1. The van der Waals surface area contributed by atoms with Crippen molar-refractivity contribution >= 4 is 62.3 Å². The molecule has 3 atom stereocenters. The van der Waals surface area contributed by atoms with Crippen molar-refractivity contribution in [2.45, 2.75) is 97.5 Å². The molecule has 0 saturated carbocycles. The van der Waals surface area contributed by atoms with Crippen LogP contribution in [0.1, 0.15) is 87.0 Å². The van der Waals surface area contributed by atoms with Gasteiger partial charge in [-0.1, -0.05) is 63.2 Å². The van der Waals surface area contributed by atoms with E-state index in [1.807, 2.05) is 57.5 Å². The fraction of sp³-hybridized carbons (Fsp3) is 0.353. The van der Waals surface area contributed by atoms with Crippen LogP contribution < -0.4 is 35.9 Å². The van der Waals surface area contributed by atoms with Crippen LogP contribution in [0.4, 0.5) is 26.1 Å². The van der Waals surface area contributed by atoms with E-state index in [-0.39, 0.29) is 71.7 Å². The van der Waals surface area contributed by atoms with Gasteiger partial charge in [0.2, 0.25) is 23.2 Å². The van der Waals surface area contributed by atoms with E-state index >= 15 is 0 Å². The van der Waals surface area contributed by atoms with Crippen LogP contribution in [-0.4, -0.2) is 87.9 Å². The second-order valence-corrected chi connectivity index (χ2v) is 21.3. The molecule has 7 rings (SSSR count). The highest BCUT2D eigenvalue weighted by atomic mass is 32.2. The van der Waals surface area contributed by atoms with Crippen LogP contribution in [0.15, 0.2) is 90.6 Å². The van der Waals surface area contributed by atoms with Gasteiger partial charge in [0.05, 0.1) is 40.3 Å². The summed E-state index contributed by atoms with van der Waals surface area (Å²) in [4.78, 5) is 64.9. The number of hydrogen-bond donors (Lipinski definition) is 6. The summed E-state index contributed by atoms with van der Waals surface area (Å²) in [5.74, 6) is -1.41. The van der Waals surface area contributed by atoms with E-state index in [4.69, 9.17) is 15.2 Å². The lowest BCUT2D eigenvalue weighted by molar-refractivity contribution is -0.144. The average molecular weight is 1040 g/mol. The van der Waals surface area contributed by atoms with E-state index in [9.17, 15) is 36.4 Å². The number of rotatable bonds is 22. The minimum absolute atomic E-state index is 0.0282. The third kappa shape index (κ3) is 13.7. The van der Waals surface area contributed by atoms with E-state index in [1.54, 1.807) is 28.4 Å². The molecule has 1 aliphatic rings. The summed E-state index contributed by atoms with van der Waals surface area (Å²) in [5, 5.41) is 15.9. The highest BCUT2D eigenvalue weighted by Crippen LogP contribution is 2.36. The molecule has 0 radical (unpaired) electrons. The van der Waals surface area contributed by atoms with E-state index in [0.717, 1.165) is 28.6 Å². The number of pyridine rings is 1. The molecule has 7 N–H and O–H groups in total. The second-order valence-electron chi connectivity index (χ2n) is 18.6. The first kappa shape index (κ1) is 53.3. The molecular formula is C51H58F2N10O8S2. The zero-order valence-corrected chi connectivity index (χ0v) is 42.6. The monoisotopic (exact) mass is 1040 g/mol. The summed E-state index contributed by atoms with van der Waals surface area (Å²) < 4.78 is 66.3. The lowest BCUT2D eigenvalue weighted by Crippen LogP contribution is -2.57. The fourth-order valence-electron chi connectivity index (χ4n) is 7.99. The molecule has 22 heteroatoms. The number of primary amides is 1. The molecule has 0 spiro atoms. The SMILES string of the molecule is Cc1ncsc1-c1ccc(CNC(=O)[C@@H]2CCCN2C(=O)[C@@H](NC(=O)CCCCOc2ccc(Nc3n[nH]c(-c4ccc(NS(=O)(=O)C(C)F)c(OCc5ccc(F)cc5)c4)c3C(N)=O)nc2)C(C)(C)C)cc1. The number of likely N-dealkylation sites (tertiary alicyclic amines) is 1. The number of anilines is 3. The molecule has 1 aliphatic heterocycles. The summed E-state index contributed by atoms with van der Waals surface area (Å²) in [6.07, 6.45) is 3.80. The van der Waals surface area contributed by atoms with Crippen LogP contribution in [0.25, 0.3) is 21.7 Å². The Bertz CT molecular complexity index is 3020. The van der Waals surface area contributed by atoms with Gasteiger partial charge in [-0.2, -0.15) is 5.10 Å². The first-order valence-electron chi connectivity index (χ1n) is 23.6. The second kappa shape index (κ2) is 23.4. The number of hydrogen-bond acceptors (Lipinski definition) is 13. The summed E-state index contributed by atoms with van der Waals surface area (Å²) in [5.41, 5.74) is 8.60. The molecule has 0 aliphatic carbocycles. The lowest BCUT2D eigenvalue weighted by Gasteiger charge is -2.35. The zero-order chi connectivity index (χ0) is 52.5. The topological polar surface area (TPSA) is 253 Å². The lowest BCUT2D eigenvalue weighted by atomic mass is 9.85. The molecule has 4 heterocycles. The summed E-state index contributed by atoms with van der Waals surface area (Å²) in [7, 11) is -4.43. The number of nitrogens with zero attached hydrogens (tertiary/aromatic N) is 4. The highest BCUT2D eigenvalue weighted by molar-refractivity contribution is 7.93. The molecule has 1 fully saturated rings. The van der Waals surface area contributed by atoms with Crippen molar-refractivity contribution in [1.82, 2.24) is 35.7 Å². The maximum Gasteiger partial charge on any atom is 0.264 e. The minimum atomic E-state index is -4.43. The zero-order valence-electron chi connectivity index (χ0n) is 41.0. The number of alkyl halides is 1. The van der Waals surface area contributed by atoms with Crippen LogP contribution in [0.2, 0.25) is 0 Å². The fourth-order valence-corrected chi connectivity index (χ4v) is 9.44. The molecule has 3 aromatic carbocycles. The van der Waals surface area contributed by atoms with Gasteiger partial charge in [0.25, 0.3) is 15.9 Å². The number of carbonyl (C=O) groups excluding carboxylic acids is 4. The van der Waals surface area contributed by atoms with E-state index in [2.05, 4.69) is 40.8 Å². The maximum absolute atomic E-state index is 14.0. The van der Waals surface area contributed by atoms with Crippen molar-refractivity contribution in [2.75, 3.05) is 23.2 Å². The third-order valence-electron chi connectivity index (χ3n) is 12.0. The number of nitrogens with one attached hydrogen (secondary N) is 5. The van der Waals surface area contributed by atoms with Gasteiger partial charge in [-0.25, -0.2) is 27.2 Å². The van der Waals surface area contributed by atoms with Crippen molar-refractivity contribution in [3.8, 4) is 33.2 Å². The number of benzene rings is 3. The molecule has 3 aromatic heterocycles. The third-order valence-corrected chi connectivity index (χ3v) is 14.3. The number of H-pyrrole nitrogens is 1. The molecule has 386 valence electrons. The first-order valence-corrected chi connectivity index (χ1v) is 26.0. The normalized spacial score (nSPS) is 14.5. The smallest absolute Gasteiger partial charge is 0.264 e. The summed E-state index contributed by atoms with van der Waals surface area (Å²) in [6.45, 7) is 9.37. The van der Waals surface area contributed by atoms with Gasteiger partial charge in [0.1, 0.15) is 47.4 Å². The Kier molecular flexibility index (Phi) is 17.1. The Labute approximate surface area is 425 Å². The number of aromatic nitrogens is 4. The number of aromatic amines is 1. The highest BCUT2D eigenvalue weighted by Gasteiger charge is 2.42. The number of sulfonamides is 1. The Morgan fingerprint density at radius 3 is 2.34 bits per heavy atom. The molecule has 0 bridgehead atoms. The summed E-state index contributed by atoms with van der Waals surface area (Å²) >= 11 is 1.58. The molecular weight excluding hydrogens is 983 g/mol. The number of amides is 4. The Morgan fingerprint density at radius 2 is 1.68 bits per heavy atom.